The molecular weight excluding hydrogens is 273 g/mol. The first-order valence-electron chi connectivity index (χ1n) is 5.80. The number of amides is 1. The highest BCUT2D eigenvalue weighted by Crippen LogP contribution is 2.36. The second-order valence-corrected chi connectivity index (χ2v) is 4.28. The Labute approximate surface area is 112 Å². The summed E-state index contributed by atoms with van der Waals surface area (Å²) in [4.78, 5) is 24.5. The van der Waals surface area contributed by atoms with E-state index in [1.807, 2.05) is 6.07 Å². The van der Waals surface area contributed by atoms with Gasteiger partial charge in [0.1, 0.15) is 0 Å². The summed E-state index contributed by atoms with van der Waals surface area (Å²) in [5.74, 6) is -1.79. The van der Waals surface area contributed by atoms with E-state index in [1.165, 1.54) is 0 Å². The molecule has 1 aromatic carbocycles. The van der Waals surface area contributed by atoms with Crippen LogP contribution in [0.1, 0.15) is 28.8 Å². The van der Waals surface area contributed by atoms with E-state index in [-0.39, 0.29) is 24.2 Å². The zero-order chi connectivity index (χ0) is 14.9. The van der Waals surface area contributed by atoms with Crippen LogP contribution < -0.4 is 4.90 Å². The Morgan fingerprint density at radius 3 is 2.55 bits per heavy atom. The van der Waals surface area contributed by atoms with Gasteiger partial charge in [-0.3, -0.25) is 9.59 Å². The molecule has 0 spiro atoms. The molecule has 0 bridgehead atoms. The van der Waals surface area contributed by atoms with Crippen LogP contribution in [0.4, 0.5) is 18.9 Å². The van der Waals surface area contributed by atoms with E-state index in [2.05, 4.69) is 0 Å². The van der Waals surface area contributed by atoms with E-state index in [4.69, 9.17) is 5.26 Å². The molecule has 0 radical (unpaired) electrons. The lowest BCUT2D eigenvalue weighted by atomic mass is 10.1. The van der Waals surface area contributed by atoms with Crippen molar-refractivity contribution in [2.75, 3.05) is 11.4 Å². The summed E-state index contributed by atoms with van der Waals surface area (Å²) >= 11 is 0. The molecule has 104 valence electrons. The summed E-state index contributed by atoms with van der Waals surface area (Å²) < 4.78 is 37.7. The molecule has 1 aromatic rings. The lowest BCUT2D eigenvalue weighted by Crippen LogP contribution is -2.30. The second-order valence-electron chi connectivity index (χ2n) is 4.28. The molecule has 0 fully saturated rings. The molecule has 0 unspecified atom stereocenters. The quantitative estimate of drug-likeness (QED) is 0.632. The van der Waals surface area contributed by atoms with Crippen molar-refractivity contribution in [2.45, 2.75) is 19.0 Å². The van der Waals surface area contributed by atoms with Gasteiger partial charge >= 0.3 is 6.18 Å². The van der Waals surface area contributed by atoms with Gasteiger partial charge in [-0.25, -0.2) is 0 Å². The van der Waals surface area contributed by atoms with Crippen LogP contribution in [-0.2, 0) is 11.0 Å². The number of ketones is 1. The lowest BCUT2D eigenvalue weighted by molar-refractivity contribution is -0.137. The molecule has 0 N–H and O–H groups in total. The van der Waals surface area contributed by atoms with Gasteiger partial charge in [0.05, 0.1) is 22.9 Å². The number of alkyl halides is 3. The maximum Gasteiger partial charge on any atom is 0.416 e. The lowest BCUT2D eigenvalue weighted by Gasteiger charge is -2.16. The minimum atomic E-state index is -4.56. The molecule has 0 saturated carbocycles. The number of hydrogen-bond donors (Lipinski definition) is 0. The van der Waals surface area contributed by atoms with Gasteiger partial charge in [-0.05, 0) is 24.6 Å². The standard InChI is InChI=1S/C13H9F3N2O2/c14-13(15,16)8-3-4-10-9(7-8)11(19)12(20)18(10)6-2-1-5-17/h3-4,7H,1-2,6H2. The number of hydrogen-bond acceptors (Lipinski definition) is 3. The smallest absolute Gasteiger partial charge is 0.305 e. The molecule has 1 amide bonds. The summed E-state index contributed by atoms with van der Waals surface area (Å²) in [6.07, 6.45) is -4.00. The normalized spacial score (nSPS) is 14.4. The SMILES string of the molecule is N#CCCCN1C(=O)C(=O)c2cc(C(F)(F)F)ccc21. The summed E-state index contributed by atoms with van der Waals surface area (Å²) in [5.41, 5.74) is -1.02. The number of fused-ring (bicyclic) bond motifs is 1. The molecule has 0 atom stereocenters. The average molecular weight is 282 g/mol. The molecule has 1 aliphatic rings. The second kappa shape index (κ2) is 4.96. The van der Waals surface area contributed by atoms with Gasteiger partial charge in [-0.2, -0.15) is 18.4 Å². The molecular formula is C13H9F3N2O2. The van der Waals surface area contributed by atoms with Crippen LogP contribution in [0.25, 0.3) is 0 Å². The zero-order valence-corrected chi connectivity index (χ0v) is 10.2. The topological polar surface area (TPSA) is 61.2 Å². The Balaban J connectivity index is 2.35. The summed E-state index contributed by atoms with van der Waals surface area (Å²) in [5, 5.41) is 8.43. The molecule has 0 aromatic heterocycles. The third-order valence-electron chi connectivity index (χ3n) is 2.97. The summed E-state index contributed by atoms with van der Waals surface area (Å²) in [6, 6.07) is 4.55. The number of rotatable bonds is 3. The Bertz CT molecular complexity index is 617. The van der Waals surface area contributed by atoms with Gasteiger partial charge in [0.15, 0.2) is 0 Å². The van der Waals surface area contributed by atoms with Crippen molar-refractivity contribution in [3.8, 4) is 6.07 Å². The van der Waals surface area contributed by atoms with Crippen LogP contribution in [0, 0.1) is 11.3 Å². The van der Waals surface area contributed by atoms with Gasteiger partial charge < -0.3 is 4.90 Å². The van der Waals surface area contributed by atoms with E-state index >= 15 is 0 Å². The van der Waals surface area contributed by atoms with Gasteiger partial charge in [0.25, 0.3) is 11.7 Å². The van der Waals surface area contributed by atoms with Crippen LogP contribution in [0.15, 0.2) is 18.2 Å². The number of halogens is 3. The fraction of sp³-hybridized carbons (Fsp3) is 0.308. The van der Waals surface area contributed by atoms with Crippen molar-refractivity contribution in [3.05, 3.63) is 29.3 Å². The van der Waals surface area contributed by atoms with Crippen LogP contribution in [-0.4, -0.2) is 18.2 Å². The van der Waals surface area contributed by atoms with Crippen LogP contribution in [0.5, 0.6) is 0 Å². The molecule has 20 heavy (non-hydrogen) atoms. The van der Waals surface area contributed by atoms with E-state index < -0.39 is 23.4 Å². The first-order chi connectivity index (χ1) is 9.36. The van der Waals surface area contributed by atoms with E-state index in [0.717, 1.165) is 17.0 Å². The Morgan fingerprint density at radius 1 is 1.25 bits per heavy atom. The third-order valence-corrected chi connectivity index (χ3v) is 2.97. The monoisotopic (exact) mass is 282 g/mol. The highest BCUT2D eigenvalue weighted by Gasteiger charge is 2.38. The average Bonchev–Trinajstić information content (AvgIpc) is 2.63. The van der Waals surface area contributed by atoms with Crippen LogP contribution in [0.3, 0.4) is 0 Å². The molecule has 0 aliphatic carbocycles. The molecule has 1 heterocycles. The Hall–Kier alpha value is -2.36. The highest BCUT2D eigenvalue weighted by molar-refractivity contribution is 6.52. The Kier molecular flexibility index (Phi) is 3.49. The number of nitrogens with zero attached hydrogens (tertiary/aromatic N) is 2. The number of unbranched alkanes of at least 4 members (excludes halogenated alkanes) is 1. The number of carbonyl (C=O) groups excluding carboxylic acids is 2. The highest BCUT2D eigenvalue weighted by atomic mass is 19.4. The van der Waals surface area contributed by atoms with Crippen molar-refractivity contribution in [3.63, 3.8) is 0 Å². The molecule has 1 aliphatic heterocycles. The Morgan fingerprint density at radius 2 is 1.95 bits per heavy atom. The van der Waals surface area contributed by atoms with Crippen molar-refractivity contribution in [1.29, 1.82) is 5.26 Å². The summed E-state index contributed by atoms with van der Waals surface area (Å²) in [6.45, 7) is 0.135. The number of Topliss-reactive ketones (excluding diaryl/α,β-unsaturated/α-hetero) is 1. The van der Waals surface area contributed by atoms with Crippen molar-refractivity contribution in [2.24, 2.45) is 0 Å². The van der Waals surface area contributed by atoms with Gasteiger partial charge in [-0.15, -0.1) is 0 Å². The van der Waals surface area contributed by atoms with Gasteiger partial charge in [-0.1, -0.05) is 0 Å². The zero-order valence-electron chi connectivity index (χ0n) is 10.2. The first-order valence-corrected chi connectivity index (χ1v) is 5.80. The largest absolute Gasteiger partial charge is 0.416 e. The number of benzene rings is 1. The summed E-state index contributed by atoms with van der Waals surface area (Å²) in [7, 11) is 0. The molecule has 4 nitrogen and oxygen atoms in total. The number of carbonyl (C=O) groups is 2. The number of anilines is 1. The van der Waals surface area contributed by atoms with E-state index in [9.17, 15) is 22.8 Å². The minimum Gasteiger partial charge on any atom is -0.305 e. The fourth-order valence-electron chi connectivity index (χ4n) is 2.02. The fourth-order valence-corrected chi connectivity index (χ4v) is 2.02. The molecule has 0 saturated heterocycles. The maximum atomic E-state index is 12.6. The van der Waals surface area contributed by atoms with Gasteiger partial charge in [0, 0.05) is 13.0 Å². The van der Waals surface area contributed by atoms with Crippen LogP contribution >= 0.6 is 0 Å². The predicted octanol–water partition coefficient (Wildman–Crippen LogP) is 2.54. The minimum absolute atomic E-state index is 0.135. The van der Waals surface area contributed by atoms with E-state index in [1.54, 1.807) is 0 Å². The van der Waals surface area contributed by atoms with Crippen molar-refractivity contribution >= 4 is 17.4 Å². The predicted molar refractivity (Wildman–Crippen MR) is 63.0 cm³/mol. The van der Waals surface area contributed by atoms with Crippen LogP contribution in [0.2, 0.25) is 0 Å². The van der Waals surface area contributed by atoms with E-state index in [0.29, 0.717) is 12.5 Å². The molecule has 7 heteroatoms. The van der Waals surface area contributed by atoms with Gasteiger partial charge in [0.2, 0.25) is 0 Å². The third kappa shape index (κ3) is 2.37. The first kappa shape index (κ1) is 14.1. The maximum absolute atomic E-state index is 12.6. The van der Waals surface area contributed by atoms with Crippen molar-refractivity contribution < 1.29 is 22.8 Å². The number of nitriles is 1. The molecule has 2 rings (SSSR count). The van der Waals surface area contributed by atoms with Crippen molar-refractivity contribution in [1.82, 2.24) is 0 Å².